The van der Waals surface area contributed by atoms with Crippen LogP contribution in [0.4, 0.5) is 5.69 Å². The number of anilines is 1. The number of sulfonamides is 1. The second kappa shape index (κ2) is 5.68. The first-order chi connectivity index (χ1) is 8.22. The van der Waals surface area contributed by atoms with Crippen molar-refractivity contribution in [2.75, 3.05) is 17.2 Å². The van der Waals surface area contributed by atoms with Crippen molar-refractivity contribution in [3.05, 3.63) is 24.3 Å². The zero-order valence-electron chi connectivity index (χ0n) is 9.74. The Balaban J connectivity index is 2.65. The van der Waals surface area contributed by atoms with Crippen LogP contribution in [0.3, 0.4) is 0 Å². The van der Waals surface area contributed by atoms with Crippen LogP contribution in [0.15, 0.2) is 29.2 Å². The molecule has 4 N–H and O–H groups in total. The highest BCUT2D eigenvalue weighted by Crippen LogP contribution is 2.19. The van der Waals surface area contributed by atoms with Gasteiger partial charge in [0.1, 0.15) is 0 Å². The minimum absolute atomic E-state index is 0.0839. The fraction of sp³-hybridized carbons (Fsp3) is 0.400. The van der Waals surface area contributed by atoms with Crippen LogP contribution >= 0.6 is 0 Å². The van der Waals surface area contributed by atoms with E-state index in [0.717, 1.165) is 0 Å². The molecule has 0 unspecified atom stereocenters. The largest absolute Gasteiger partial charge is 0.398 e. The second-order valence-corrected chi connectivity index (χ2v) is 7.74. The average Bonchev–Trinajstić information content (AvgIpc) is 2.24. The summed E-state index contributed by atoms with van der Waals surface area (Å²) in [5, 5.41) is 4.82. The maximum atomic E-state index is 11.9. The molecule has 0 amide bonds. The third kappa shape index (κ3) is 4.63. The van der Waals surface area contributed by atoms with E-state index < -0.39 is 19.9 Å². The lowest BCUT2D eigenvalue weighted by atomic mass is 10.3. The van der Waals surface area contributed by atoms with Gasteiger partial charge in [0.05, 0.1) is 22.1 Å². The summed E-state index contributed by atoms with van der Waals surface area (Å²) < 4.78 is 45.2. The molecule has 0 aromatic heterocycles. The van der Waals surface area contributed by atoms with E-state index in [4.69, 9.17) is 10.9 Å². The molecule has 1 aromatic carbocycles. The third-order valence-corrected chi connectivity index (χ3v) is 5.07. The van der Waals surface area contributed by atoms with Crippen molar-refractivity contribution < 1.29 is 16.8 Å². The Morgan fingerprint density at radius 3 is 2.06 bits per heavy atom. The van der Waals surface area contributed by atoms with Crippen molar-refractivity contribution in [1.82, 2.24) is 0 Å². The van der Waals surface area contributed by atoms with Crippen LogP contribution < -0.4 is 10.9 Å². The number of unbranched alkanes of at least 4 members (excludes halogenated alkanes) is 1. The van der Waals surface area contributed by atoms with Gasteiger partial charge >= 0.3 is 0 Å². The number of para-hydroxylation sites is 1. The van der Waals surface area contributed by atoms with Gasteiger partial charge in [-0.25, -0.2) is 22.0 Å². The van der Waals surface area contributed by atoms with Crippen LogP contribution in [0.25, 0.3) is 0 Å². The van der Waals surface area contributed by atoms with Gasteiger partial charge in [0.2, 0.25) is 10.0 Å². The van der Waals surface area contributed by atoms with E-state index in [-0.39, 0.29) is 34.9 Å². The molecule has 1 aromatic rings. The third-order valence-electron chi connectivity index (χ3n) is 2.35. The van der Waals surface area contributed by atoms with Gasteiger partial charge in [-0.05, 0) is 25.0 Å². The summed E-state index contributed by atoms with van der Waals surface area (Å²) >= 11 is 0. The van der Waals surface area contributed by atoms with Crippen LogP contribution in [0.2, 0.25) is 0 Å². The SMILES string of the molecule is Nc1ccccc1S(=O)(=O)CCCCS(N)(=O)=O. The van der Waals surface area contributed by atoms with E-state index in [1.807, 2.05) is 0 Å². The lowest BCUT2D eigenvalue weighted by Gasteiger charge is -2.06. The predicted octanol–water partition coefficient (Wildman–Crippen LogP) is 0.111. The molecule has 0 aliphatic carbocycles. The van der Waals surface area contributed by atoms with Gasteiger partial charge in [0.15, 0.2) is 9.84 Å². The normalized spacial score (nSPS) is 12.5. The molecule has 0 saturated heterocycles. The Morgan fingerprint density at radius 2 is 1.50 bits per heavy atom. The molecule has 0 spiro atoms. The summed E-state index contributed by atoms with van der Waals surface area (Å²) in [7, 11) is -7.00. The zero-order chi connectivity index (χ0) is 13.8. The summed E-state index contributed by atoms with van der Waals surface area (Å²) in [6.07, 6.45) is 0.442. The van der Waals surface area contributed by atoms with Crippen molar-refractivity contribution in [1.29, 1.82) is 0 Å². The molecule has 0 aliphatic heterocycles. The number of benzene rings is 1. The topological polar surface area (TPSA) is 120 Å². The lowest BCUT2D eigenvalue weighted by molar-refractivity contribution is 0.586. The van der Waals surface area contributed by atoms with Crippen LogP contribution in [-0.4, -0.2) is 28.3 Å². The van der Waals surface area contributed by atoms with Gasteiger partial charge < -0.3 is 5.73 Å². The average molecular weight is 292 g/mol. The highest BCUT2D eigenvalue weighted by molar-refractivity contribution is 7.91. The quantitative estimate of drug-likeness (QED) is 0.569. The Morgan fingerprint density at radius 1 is 0.944 bits per heavy atom. The summed E-state index contributed by atoms with van der Waals surface area (Å²) in [5.74, 6) is -0.358. The molecule has 0 bridgehead atoms. The van der Waals surface area contributed by atoms with E-state index >= 15 is 0 Å². The van der Waals surface area contributed by atoms with Crippen molar-refractivity contribution in [2.45, 2.75) is 17.7 Å². The highest BCUT2D eigenvalue weighted by Gasteiger charge is 2.16. The Labute approximate surface area is 107 Å². The predicted molar refractivity (Wildman–Crippen MR) is 70.1 cm³/mol. The first-order valence-corrected chi connectivity index (χ1v) is 8.67. The first kappa shape index (κ1) is 14.9. The van der Waals surface area contributed by atoms with E-state index in [9.17, 15) is 16.8 Å². The molecule has 18 heavy (non-hydrogen) atoms. The number of rotatable bonds is 6. The molecule has 0 aliphatic rings. The monoisotopic (exact) mass is 292 g/mol. The van der Waals surface area contributed by atoms with Gasteiger partial charge in [-0.15, -0.1) is 0 Å². The lowest BCUT2D eigenvalue weighted by Crippen LogP contribution is -2.17. The van der Waals surface area contributed by atoms with Crippen molar-refractivity contribution >= 4 is 25.5 Å². The molecule has 8 heteroatoms. The van der Waals surface area contributed by atoms with E-state index in [1.165, 1.54) is 12.1 Å². The smallest absolute Gasteiger partial charge is 0.209 e. The molecule has 0 heterocycles. The van der Waals surface area contributed by atoms with Gasteiger partial charge in [-0.2, -0.15) is 0 Å². The summed E-state index contributed by atoms with van der Waals surface area (Å²) in [6, 6.07) is 6.19. The van der Waals surface area contributed by atoms with Gasteiger partial charge in [0.25, 0.3) is 0 Å². The summed E-state index contributed by atoms with van der Waals surface area (Å²) in [4.78, 5) is 0.0839. The van der Waals surface area contributed by atoms with E-state index in [1.54, 1.807) is 12.1 Å². The molecule has 0 saturated carbocycles. The molecule has 1 rings (SSSR count). The minimum Gasteiger partial charge on any atom is -0.398 e. The molecule has 102 valence electrons. The summed E-state index contributed by atoms with van der Waals surface area (Å²) in [6.45, 7) is 0. The van der Waals surface area contributed by atoms with Gasteiger partial charge in [-0.1, -0.05) is 12.1 Å². The number of primary sulfonamides is 1. The summed E-state index contributed by atoms with van der Waals surface area (Å²) in [5.41, 5.74) is 5.78. The highest BCUT2D eigenvalue weighted by atomic mass is 32.2. The maximum absolute atomic E-state index is 11.9. The number of sulfone groups is 1. The van der Waals surface area contributed by atoms with Crippen LogP contribution in [0, 0.1) is 0 Å². The maximum Gasteiger partial charge on any atom is 0.209 e. The molecular weight excluding hydrogens is 276 g/mol. The number of nitrogen functional groups attached to an aromatic ring is 1. The van der Waals surface area contributed by atoms with Crippen LogP contribution in [0.1, 0.15) is 12.8 Å². The molecule has 0 fully saturated rings. The van der Waals surface area contributed by atoms with E-state index in [0.29, 0.717) is 0 Å². The molecule has 6 nitrogen and oxygen atoms in total. The standard InChI is InChI=1S/C10H16N2O4S2/c11-9-5-1-2-6-10(9)17(13,14)7-3-4-8-18(12,15)16/h1-2,5-6H,3-4,7-8,11H2,(H2,12,15,16). The number of nitrogens with two attached hydrogens (primary N) is 2. The Hall–Kier alpha value is -1.12. The van der Waals surface area contributed by atoms with Gasteiger partial charge in [-0.3, -0.25) is 0 Å². The Kier molecular flexibility index (Phi) is 4.71. The molecule has 0 radical (unpaired) electrons. The van der Waals surface area contributed by atoms with Crippen molar-refractivity contribution in [3.8, 4) is 0 Å². The minimum atomic E-state index is -3.53. The Bertz CT molecular complexity index is 609. The van der Waals surface area contributed by atoms with Crippen molar-refractivity contribution in [2.24, 2.45) is 5.14 Å². The number of hydrogen-bond acceptors (Lipinski definition) is 5. The zero-order valence-corrected chi connectivity index (χ0v) is 11.4. The second-order valence-electron chi connectivity index (χ2n) is 3.93. The number of hydrogen-bond donors (Lipinski definition) is 2. The molecular formula is C10H16N2O4S2. The molecule has 0 atom stereocenters. The van der Waals surface area contributed by atoms with Gasteiger partial charge in [0, 0.05) is 0 Å². The van der Waals surface area contributed by atoms with Crippen LogP contribution in [-0.2, 0) is 19.9 Å². The fourth-order valence-corrected chi connectivity index (χ4v) is 3.59. The fourth-order valence-electron chi connectivity index (χ4n) is 1.47. The van der Waals surface area contributed by atoms with E-state index in [2.05, 4.69) is 0 Å². The van der Waals surface area contributed by atoms with Crippen LogP contribution in [0.5, 0.6) is 0 Å². The first-order valence-electron chi connectivity index (χ1n) is 5.30. The van der Waals surface area contributed by atoms with Crippen molar-refractivity contribution in [3.63, 3.8) is 0 Å².